The summed E-state index contributed by atoms with van der Waals surface area (Å²) in [5.41, 5.74) is 1.33. The SMILES string of the molecule is CCNC(=NCCCCOCCc1ccccc1)N1CCN(c2ccccn2)CC1. The molecule has 0 atom stereocenters. The van der Waals surface area contributed by atoms with Crippen LogP contribution in [-0.2, 0) is 11.2 Å². The molecular weight excluding hydrogens is 374 g/mol. The van der Waals surface area contributed by atoms with Crippen LogP contribution in [0.25, 0.3) is 0 Å². The van der Waals surface area contributed by atoms with Crippen molar-refractivity contribution in [2.45, 2.75) is 26.2 Å². The second kappa shape index (κ2) is 12.9. The van der Waals surface area contributed by atoms with Gasteiger partial charge in [-0.3, -0.25) is 4.99 Å². The van der Waals surface area contributed by atoms with Crippen LogP contribution in [0.2, 0.25) is 0 Å². The fraction of sp³-hybridized carbons (Fsp3) is 0.500. The molecule has 1 aliphatic heterocycles. The average molecular weight is 410 g/mol. The summed E-state index contributed by atoms with van der Waals surface area (Å²) in [4.78, 5) is 14.0. The molecule has 1 saturated heterocycles. The molecule has 30 heavy (non-hydrogen) atoms. The van der Waals surface area contributed by atoms with Gasteiger partial charge in [0.2, 0.25) is 0 Å². The molecule has 162 valence electrons. The summed E-state index contributed by atoms with van der Waals surface area (Å²) >= 11 is 0. The molecule has 1 fully saturated rings. The lowest BCUT2D eigenvalue weighted by Crippen LogP contribution is -2.52. The van der Waals surface area contributed by atoms with Gasteiger partial charge in [-0.2, -0.15) is 0 Å². The first kappa shape index (κ1) is 22.1. The number of hydrogen-bond acceptors (Lipinski definition) is 4. The van der Waals surface area contributed by atoms with Gasteiger partial charge in [0.15, 0.2) is 5.96 Å². The third kappa shape index (κ3) is 7.34. The van der Waals surface area contributed by atoms with Crippen LogP contribution in [0.5, 0.6) is 0 Å². The molecule has 1 N–H and O–H groups in total. The summed E-state index contributed by atoms with van der Waals surface area (Å²) < 4.78 is 5.78. The number of ether oxygens (including phenoxy) is 1. The predicted octanol–water partition coefficient (Wildman–Crippen LogP) is 3.21. The van der Waals surface area contributed by atoms with Gasteiger partial charge in [0, 0.05) is 52.1 Å². The number of benzene rings is 1. The van der Waals surface area contributed by atoms with Crippen LogP contribution < -0.4 is 10.2 Å². The van der Waals surface area contributed by atoms with E-state index in [1.54, 1.807) is 0 Å². The minimum atomic E-state index is 0.788. The quantitative estimate of drug-likeness (QED) is 0.371. The Bertz CT molecular complexity index is 730. The zero-order valence-corrected chi connectivity index (χ0v) is 18.2. The maximum atomic E-state index is 5.78. The predicted molar refractivity (Wildman–Crippen MR) is 124 cm³/mol. The van der Waals surface area contributed by atoms with Crippen molar-refractivity contribution in [3.8, 4) is 0 Å². The Morgan fingerprint density at radius 2 is 1.80 bits per heavy atom. The Kier molecular flexibility index (Phi) is 9.47. The fourth-order valence-corrected chi connectivity index (χ4v) is 3.55. The molecule has 6 nitrogen and oxygen atoms in total. The Morgan fingerprint density at radius 3 is 2.53 bits per heavy atom. The first-order valence-electron chi connectivity index (χ1n) is 11.2. The van der Waals surface area contributed by atoms with Crippen molar-refractivity contribution < 1.29 is 4.74 Å². The first-order chi connectivity index (χ1) is 14.9. The highest BCUT2D eigenvalue weighted by atomic mass is 16.5. The Hall–Kier alpha value is -2.60. The van der Waals surface area contributed by atoms with Gasteiger partial charge < -0.3 is 19.9 Å². The lowest BCUT2D eigenvalue weighted by atomic mass is 10.2. The molecule has 1 aromatic carbocycles. The lowest BCUT2D eigenvalue weighted by Gasteiger charge is -2.37. The number of pyridine rings is 1. The Labute approximate surface area is 181 Å². The lowest BCUT2D eigenvalue weighted by molar-refractivity contribution is 0.134. The van der Waals surface area contributed by atoms with E-state index in [-0.39, 0.29) is 0 Å². The van der Waals surface area contributed by atoms with Crippen LogP contribution >= 0.6 is 0 Å². The highest BCUT2D eigenvalue weighted by molar-refractivity contribution is 5.80. The number of piperazine rings is 1. The van der Waals surface area contributed by atoms with Crippen LogP contribution in [0.1, 0.15) is 25.3 Å². The van der Waals surface area contributed by atoms with Crippen molar-refractivity contribution in [3.05, 3.63) is 60.3 Å². The first-order valence-corrected chi connectivity index (χ1v) is 11.2. The Morgan fingerprint density at radius 1 is 1.00 bits per heavy atom. The van der Waals surface area contributed by atoms with Gasteiger partial charge in [0.05, 0.1) is 6.61 Å². The third-order valence-electron chi connectivity index (χ3n) is 5.22. The summed E-state index contributed by atoms with van der Waals surface area (Å²) in [5, 5.41) is 3.45. The van der Waals surface area contributed by atoms with E-state index >= 15 is 0 Å². The number of hydrogen-bond donors (Lipinski definition) is 1. The average Bonchev–Trinajstić information content (AvgIpc) is 2.81. The van der Waals surface area contributed by atoms with E-state index in [2.05, 4.69) is 57.4 Å². The van der Waals surface area contributed by atoms with E-state index < -0.39 is 0 Å². The summed E-state index contributed by atoms with van der Waals surface area (Å²) in [5.74, 6) is 2.09. The third-order valence-corrected chi connectivity index (χ3v) is 5.22. The van der Waals surface area contributed by atoms with Crippen LogP contribution in [0.15, 0.2) is 59.7 Å². The number of nitrogens with one attached hydrogen (secondary N) is 1. The summed E-state index contributed by atoms with van der Waals surface area (Å²) in [6, 6.07) is 16.6. The van der Waals surface area contributed by atoms with Crippen molar-refractivity contribution in [2.75, 3.05) is 57.4 Å². The van der Waals surface area contributed by atoms with E-state index in [1.807, 2.05) is 24.4 Å². The van der Waals surface area contributed by atoms with Gasteiger partial charge in [-0.1, -0.05) is 36.4 Å². The maximum Gasteiger partial charge on any atom is 0.194 e. The van der Waals surface area contributed by atoms with E-state index in [1.165, 1.54) is 5.56 Å². The van der Waals surface area contributed by atoms with Crippen LogP contribution in [0, 0.1) is 0 Å². The second-order valence-electron chi connectivity index (χ2n) is 7.45. The standard InChI is InChI=1S/C24H35N5O/c1-2-25-24(29-18-16-28(17-19-29)23-12-6-7-14-26-23)27-15-8-9-20-30-21-13-22-10-4-3-5-11-22/h3-7,10-12,14H,2,8-9,13,15-21H2,1H3,(H,25,27). The molecular formula is C24H35N5O. The monoisotopic (exact) mass is 409 g/mol. The smallest absolute Gasteiger partial charge is 0.194 e. The van der Waals surface area contributed by atoms with Crippen molar-refractivity contribution in [1.29, 1.82) is 0 Å². The highest BCUT2D eigenvalue weighted by Gasteiger charge is 2.20. The maximum absolute atomic E-state index is 5.78. The number of aromatic nitrogens is 1. The molecule has 6 heteroatoms. The normalized spacial score (nSPS) is 14.8. The number of aliphatic imine (C=N–C) groups is 1. The fourth-order valence-electron chi connectivity index (χ4n) is 3.55. The molecule has 0 unspecified atom stereocenters. The van der Waals surface area contributed by atoms with Gasteiger partial charge >= 0.3 is 0 Å². The number of unbranched alkanes of at least 4 members (excludes halogenated alkanes) is 1. The number of rotatable bonds is 10. The zero-order chi connectivity index (χ0) is 20.9. The molecule has 1 aromatic heterocycles. The second-order valence-corrected chi connectivity index (χ2v) is 7.45. The highest BCUT2D eigenvalue weighted by Crippen LogP contribution is 2.12. The molecule has 2 aromatic rings. The number of guanidine groups is 1. The molecule has 0 radical (unpaired) electrons. The summed E-state index contributed by atoms with van der Waals surface area (Å²) in [7, 11) is 0. The van der Waals surface area contributed by atoms with Gasteiger partial charge in [0.25, 0.3) is 0 Å². The van der Waals surface area contributed by atoms with E-state index in [9.17, 15) is 0 Å². The van der Waals surface area contributed by atoms with Crippen molar-refractivity contribution in [1.82, 2.24) is 15.2 Å². The summed E-state index contributed by atoms with van der Waals surface area (Å²) in [6.07, 6.45) is 4.94. The largest absolute Gasteiger partial charge is 0.381 e. The molecule has 2 heterocycles. The molecule has 0 bridgehead atoms. The van der Waals surface area contributed by atoms with E-state index in [0.29, 0.717) is 0 Å². The van der Waals surface area contributed by atoms with Crippen molar-refractivity contribution in [3.63, 3.8) is 0 Å². The number of nitrogens with zero attached hydrogens (tertiary/aromatic N) is 4. The molecule has 0 spiro atoms. The zero-order valence-electron chi connectivity index (χ0n) is 18.2. The molecule has 0 amide bonds. The molecule has 0 saturated carbocycles. The molecule has 1 aliphatic rings. The molecule has 0 aliphatic carbocycles. The van der Waals surface area contributed by atoms with Gasteiger partial charge in [-0.15, -0.1) is 0 Å². The van der Waals surface area contributed by atoms with Crippen molar-refractivity contribution >= 4 is 11.8 Å². The minimum absolute atomic E-state index is 0.788. The van der Waals surface area contributed by atoms with Crippen LogP contribution in [0.4, 0.5) is 5.82 Å². The van der Waals surface area contributed by atoms with Crippen LogP contribution in [0.3, 0.4) is 0 Å². The van der Waals surface area contributed by atoms with Gasteiger partial charge in [-0.25, -0.2) is 4.98 Å². The Balaban J connectivity index is 1.32. The van der Waals surface area contributed by atoms with Gasteiger partial charge in [-0.05, 0) is 43.9 Å². The minimum Gasteiger partial charge on any atom is -0.381 e. The van der Waals surface area contributed by atoms with Crippen molar-refractivity contribution in [2.24, 2.45) is 4.99 Å². The van der Waals surface area contributed by atoms with E-state index in [0.717, 1.165) is 83.5 Å². The number of anilines is 1. The topological polar surface area (TPSA) is 53.0 Å². The summed E-state index contributed by atoms with van der Waals surface area (Å²) in [6.45, 7) is 9.31. The van der Waals surface area contributed by atoms with Crippen LogP contribution in [-0.4, -0.2) is 68.3 Å². The van der Waals surface area contributed by atoms with E-state index in [4.69, 9.17) is 9.73 Å². The molecule has 3 rings (SSSR count). The van der Waals surface area contributed by atoms with Gasteiger partial charge in [0.1, 0.15) is 5.82 Å².